The van der Waals surface area contributed by atoms with Crippen molar-refractivity contribution in [2.45, 2.75) is 52.0 Å². The van der Waals surface area contributed by atoms with Crippen LogP contribution in [0, 0.1) is 0 Å². The molecule has 0 spiro atoms. The van der Waals surface area contributed by atoms with Gasteiger partial charge in [0, 0.05) is 19.2 Å². The van der Waals surface area contributed by atoms with Gasteiger partial charge in [-0.25, -0.2) is 0 Å². The fourth-order valence-electron chi connectivity index (χ4n) is 4.75. The Balaban J connectivity index is 2.11. The Morgan fingerprint density at radius 1 is 1.09 bits per heavy atom. The summed E-state index contributed by atoms with van der Waals surface area (Å²) in [6.45, 7) is 12.8. The molecule has 2 aromatic rings. The van der Waals surface area contributed by atoms with Gasteiger partial charge in [-0.05, 0) is 98.1 Å². The fraction of sp³-hybridized carbons (Fsp3) is 0.355. The largest absolute Gasteiger partial charge is 0.508 e. The predicted molar refractivity (Wildman–Crippen MR) is 145 cm³/mol. The maximum atomic E-state index is 10.3. The lowest BCUT2D eigenvalue weighted by Crippen LogP contribution is -2.27. The molecule has 3 nitrogen and oxygen atoms in total. The molecule has 0 aromatic heterocycles. The Labute approximate surface area is 205 Å². The molecular formula is C31H39NO2. The van der Waals surface area contributed by atoms with Crippen molar-refractivity contribution in [1.82, 2.24) is 4.90 Å². The van der Waals surface area contributed by atoms with Crippen molar-refractivity contribution in [2.24, 2.45) is 0 Å². The van der Waals surface area contributed by atoms with Crippen LogP contribution in [0.1, 0.15) is 62.6 Å². The quantitative estimate of drug-likeness (QED) is 0.226. The molecule has 1 atom stereocenters. The highest BCUT2D eigenvalue weighted by Crippen LogP contribution is 2.37. The third-order valence-corrected chi connectivity index (χ3v) is 6.74. The standard InChI is InChI=1S/C31H39NO2/c1-5-24(21-29(34)6-2)31(30(13-10-20-33)26-11-8-7-9-12-26)27-16-14-25(15-17-27)28-18-19-32(22-28)23(3)4/h5-9,11-12,14-17,21,23,28,33-34H,1,10,13,18-20,22H2,2-4H3/b24-21+,29-6+,31-30-. The normalized spacial score (nSPS) is 18.3. The lowest BCUT2D eigenvalue weighted by Gasteiger charge is -2.21. The van der Waals surface area contributed by atoms with E-state index >= 15 is 0 Å². The highest BCUT2D eigenvalue weighted by atomic mass is 16.3. The molecule has 1 saturated heterocycles. The van der Waals surface area contributed by atoms with Crippen LogP contribution in [0.2, 0.25) is 0 Å². The number of hydrogen-bond acceptors (Lipinski definition) is 3. The molecule has 0 aliphatic carbocycles. The molecule has 0 amide bonds. The summed E-state index contributed by atoms with van der Waals surface area (Å²) in [4.78, 5) is 2.55. The average molecular weight is 458 g/mol. The lowest BCUT2D eigenvalue weighted by atomic mass is 9.85. The van der Waals surface area contributed by atoms with E-state index < -0.39 is 0 Å². The molecule has 3 rings (SSSR count). The molecule has 0 radical (unpaired) electrons. The molecule has 0 saturated carbocycles. The van der Waals surface area contributed by atoms with Crippen molar-refractivity contribution in [3.05, 3.63) is 107 Å². The summed E-state index contributed by atoms with van der Waals surface area (Å²) in [5, 5.41) is 19.9. The second-order valence-electron chi connectivity index (χ2n) is 9.26. The van der Waals surface area contributed by atoms with E-state index in [9.17, 15) is 10.2 Å². The summed E-state index contributed by atoms with van der Waals surface area (Å²) in [5.41, 5.74) is 6.64. The average Bonchev–Trinajstić information content (AvgIpc) is 3.37. The van der Waals surface area contributed by atoms with Gasteiger partial charge in [-0.3, -0.25) is 0 Å². The number of aliphatic hydroxyl groups excluding tert-OH is 2. The first-order valence-corrected chi connectivity index (χ1v) is 12.4. The Morgan fingerprint density at radius 3 is 2.35 bits per heavy atom. The minimum atomic E-state index is 0.129. The van der Waals surface area contributed by atoms with Gasteiger partial charge in [-0.2, -0.15) is 0 Å². The smallest absolute Gasteiger partial charge is 0.111 e. The third-order valence-electron chi connectivity index (χ3n) is 6.74. The van der Waals surface area contributed by atoms with Crippen molar-refractivity contribution in [2.75, 3.05) is 19.7 Å². The van der Waals surface area contributed by atoms with E-state index in [4.69, 9.17) is 0 Å². The number of likely N-dealkylation sites (tertiary alicyclic amines) is 1. The van der Waals surface area contributed by atoms with Crippen LogP contribution in [0.4, 0.5) is 0 Å². The van der Waals surface area contributed by atoms with E-state index in [1.54, 1.807) is 12.2 Å². The monoisotopic (exact) mass is 457 g/mol. The van der Waals surface area contributed by atoms with Gasteiger partial charge in [0.15, 0.2) is 0 Å². The Bertz CT molecular complexity index is 1030. The molecule has 1 aliphatic heterocycles. The molecule has 34 heavy (non-hydrogen) atoms. The second-order valence-corrected chi connectivity index (χ2v) is 9.26. The minimum Gasteiger partial charge on any atom is -0.508 e. The number of aliphatic hydroxyl groups is 2. The van der Waals surface area contributed by atoms with Crippen molar-refractivity contribution >= 4 is 11.1 Å². The fourth-order valence-corrected chi connectivity index (χ4v) is 4.75. The molecule has 1 heterocycles. The molecular weight excluding hydrogens is 418 g/mol. The molecule has 1 fully saturated rings. The van der Waals surface area contributed by atoms with Gasteiger partial charge in [0.2, 0.25) is 0 Å². The number of benzene rings is 2. The van der Waals surface area contributed by atoms with Crippen LogP contribution in [-0.2, 0) is 0 Å². The summed E-state index contributed by atoms with van der Waals surface area (Å²) < 4.78 is 0. The lowest BCUT2D eigenvalue weighted by molar-refractivity contribution is 0.272. The highest BCUT2D eigenvalue weighted by molar-refractivity contribution is 5.99. The van der Waals surface area contributed by atoms with Gasteiger partial charge < -0.3 is 15.1 Å². The molecule has 2 N–H and O–H groups in total. The summed E-state index contributed by atoms with van der Waals surface area (Å²) in [5.74, 6) is 0.770. The van der Waals surface area contributed by atoms with Gasteiger partial charge in [-0.1, -0.05) is 67.3 Å². The van der Waals surface area contributed by atoms with Crippen molar-refractivity contribution in [3.8, 4) is 0 Å². The molecule has 0 bridgehead atoms. The van der Waals surface area contributed by atoms with E-state index in [1.807, 2.05) is 31.2 Å². The van der Waals surface area contributed by atoms with Crippen LogP contribution in [0.15, 0.2) is 90.7 Å². The maximum absolute atomic E-state index is 10.3. The summed E-state index contributed by atoms with van der Waals surface area (Å²) in [6, 6.07) is 19.8. The maximum Gasteiger partial charge on any atom is 0.111 e. The van der Waals surface area contributed by atoms with Gasteiger partial charge in [-0.15, -0.1) is 0 Å². The van der Waals surface area contributed by atoms with Crippen LogP contribution in [0.5, 0.6) is 0 Å². The number of nitrogens with zero attached hydrogens (tertiary/aromatic N) is 1. The number of hydrogen-bond donors (Lipinski definition) is 2. The zero-order valence-corrected chi connectivity index (χ0v) is 20.9. The van der Waals surface area contributed by atoms with Crippen LogP contribution in [0.3, 0.4) is 0 Å². The molecule has 1 aliphatic rings. The van der Waals surface area contributed by atoms with Crippen LogP contribution >= 0.6 is 0 Å². The third kappa shape index (κ3) is 6.37. The zero-order valence-electron chi connectivity index (χ0n) is 20.9. The summed E-state index contributed by atoms with van der Waals surface area (Å²) in [6.07, 6.45) is 7.85. The number of rotatable bonds is 10. The molecule has 2 aromatic carbocycles. The summed E-state index contributed by atoms with van der Waals surface area (Å²) in [7, 11) is 0. The van der Waals surface area contributed by atoms with Crippen molar-refractivity contribution in [1.29, 1.82) is 0 Å². The van der Waals surface area contributed by atoms with Gasteiger partial charge in [0.25, 0.3) is 0 Å². The molecule has 3 heteroatoms. The highest BCUT2D eigenvalue weighted by Gasteiger charge is 2.25. The molecule has 180 valence electrons. The van der Waals surface area contributed by atoms with E-state index in [0.29, 0.717) is 18.4 Å². The zero-order chi connectivity index (χ0) is 24.5. The SMILES string of the molecule is C=CC(=C\C(O)=C/C)/C(=C(\CCCO)c1ccccc1)c1ccc(C2CCN(C(C)C)C2)cc1. The minimum absolute atomic E-state index is 0.129. The van der Waals surface area contributed by atoms with E-state index in [2.05, 4.69) is 61.7 Å². The molecule has 1 unspecified atom stereocenters. The van der Waals surface area contributed by atoms with Crippen molar-refractivity contribution < 1.29 is 10.2 Å². The topological polar surface area (TPSA) is 43.7 Å². The first-order chi connectivity index (χ1) is 16.5. The Kier molecular flexibility index (Phi) is 9.50. The first-order valence-electron chi connectivity index (χ1n) is 12.4. The Hall–Kier alpha value is -2.88. The van der Waals surface area contributed by atoms with Gasteiger partial charge in [0.05, 0.1) is 0 Å². The predicted octanol–water partition coefficient (Wildman–Crippen LogP) is 7.14. The number of allylic oxidation sites excluding steroid dienone is 6. The van der Waals surface area contributed by atoms with Crippen molar-refractivity contribution in [3.63, 3.8) is 0 Å². The first kappa shape index (κ1) is 25.7. The van der Waals surface area contributed by atoms with E-state index in [1.165, 1.54) is 12.0 Å². The van der Waals surface area contributed by atoms with Gasteiger partial charge in [0.1, 0.15) is 5.76 Å². The van der Waals surface area contributed by atoms with Crippen LogP contribution < -0.4 is 0 Å². The Morgan fingerprint density at radius 2 is 1.79 bits per heavy atom. The van der Waals surface area contributed by atoms with Crippen LogP contribution in [-0.4, -0.2) is 40.9 Å². The summed E-state index contributed by atoms with van der Waals surface area (Å²) >= 11 is 0. The van der Waals surface area contributed by atoms with E-state index in [0.717, 1.165) is 47.4 Å². The van der Waals surface area contributed by atoms with E-state index in [-0.39, 0.29) is 12.4 Å². The second kappa shape index (κ2) is 12.5. The van der Waals surface area contributed by atoms with Gasteiger partial charge >= 0.3 is 0 Å². The van der Waals surface area contributed by atoms with Crippen LogP contribution in [0.25, 0.3) is 11.1 Å².